The number of likely N-dealkylation sites (N-methyl/N-ethyl adjacent to an activating group) is 1. The van der Waals surface area contributed by atoms with Gasteiger partial charge in [-0.3, -0.25) is 4.79 Å². The zero-order valence-electron chi connectivity index (χ0n) is 13.1. The van der Waals surface area contributed by atoms with Gasteiger partial charge in [0.05, 0.1) is 0 Å². The van der Waals surface area contributed by atoms with Gasteiger partial charge in [-0.2, -0.15) is 0 Å². The van der Waals surface area contributed by atoms with E-state index in [-0.39, 0.29) is 5.91 Å². The van der Waals surface area contributed by atoms with E-state index in [2.05, 4.69) is 12.2 Å². The Labute approximate surface area is 116 Å². The molecule has 0 aliphatic heterocycles. The van der Waals surface area contributed by atoms with Crippen LogP contribution in [0.2, 0.25) is 0 Å². The van der Waals surface area contributed by atoms with Crippen LogP contribution in [-0.2, 0) is 9.53 Å². The van der Waals surface area contributed by atoms with Crippen LogP contribution in [0.3, 0.4) is 0 Å². The molecule has 0 aromatic heterocycles. The Morgan fingerprint density at radius 2 is 1.79 bits per heavy atom. The fourth-order valence-corrected chi connectivity index (χ4v) is 1.62. The minimum Gasteiger partial charge on any atom is -0.444 e. The van der Waals surface area contributed by atoms with E-state index in [0.717, 1.165) is 19.3 Å². The van der Waals surface area contributed by atoms with Gasteiger partial charge in [0.2, 0.25) is 5.91 Å². The molecule has 112 valence electrons. The lowest BCUT2D eigenvalue weighted by Crippen LogP contribution is -2.47. The molecule has 1 atom stereocenters. The monoisotopic (exact) mass is 272 g/mol. The van der Waals surface area contributed by atoms with Gasteiger partial charge in [0.1, 0.15) is 11.6 Å². The maximum absolute atomic E-state index is 12.0. The van der Waals surface area contributed by atoms with E-state index in [9.17, 15) is 9.59 Å². The molecular weight excluding hydrogens is 244 g/mol. The number of nitrogens with one attached hydrogen (secondary N) is 1. The summed E-state index contributed by atoms with van der Waals surface area (Å²) in [5.74, 6) is -0.0954. The molecule has 0 bridgehead atoms. The third kappa shape index (κ3) is 8.46. The molecular formula is C14H28N2O3. The first-order chi connectivity index (χ1) is 8.67. The highest BCUT2D eigenvalue weighted by Gasteiger charge is 2.24. The van der Waals surface area contributed by atoms with Crippen molar-refractivity contribution < 1.29 is 14.3 Å². The molecule has 0 fully saturated rings. The van der Waals surface area contributed by atoms with Gasteiger partial charge in [-0.1, -0.05) is 26.2 Å². The smallest absolute Gasteiger partial charge is 0.408 e. The van der Waals surface area contributed by atoms with E-state index in [4.69, 9.17) is 4.74 Å². The summed E-state index contributed by atoms with van der Waals surface area (Å²) in [7, 11) is 3.37. The van der Waals surface area contributed by atoms with Gasteiger partial charge < -0.3 is 15.0 Å². The number of alkyl carbamates (subject to hydrolysis) is 1. The quantitative estimate of drug-likeness (QED) is 0.756. The lowest BCUT2D eigenvalue weighted by atomic mass is 10.1. The SMILES string of the molecule is CCCCC[C@H](NC(=O)OC(C)(C)C)C(=O)N(C)C. The van der Waals surface area contributed by atoms with Gasteiger partial charge in [-0.15, -0.1) is 0 Å². The molecule has 0 aliphatic rings. The molecule has 19 heavy (non-hydrogen) atoms. The molecule has 5 heteroatoms. The van der Waals surface area contributed by atoms with Crippen molar-refractivity contribution >= 4 is 12.0 Å². The molecule has 0 spiro atoms. The third-order valence-corrected chi connectivity index (χ3v) is 2.53. The van der Waals surface area contributed by atoms with E-state index < -0.39 is 17.7 Å². The van der Waals surface area contributed by atoms with E-state index >= 15 is 0 Å². The molecule has 0 heterocycles. The number of ether oxygens (including phenoxy) is 1. The normalized spacial score (nSPS) is 12.7. The predicted octanol–water partition coefficient (Wildman–Crippen LogP) is 2.55. The Balaban J connectivity index is 4.49. The second-order valence-electron chi connectivity index (χ2n) is 5.93. The van der Waals surface area contributed by atoms with Crippen molar-refractivity contribution in [3.63, 3.8) is 0 Å². The molecule has 0 aliphatic carbocycles. The number of carbonyl (C=O) groups excluding carboxylic acids is 2. The van der Waals surface area contributed by atoms with Gasteiger partial charge in [-0.05, 0) is 27.2 Å². The summed E-state index contributed by atoms with van der Waals surface area (Å²) in [6.45, 7) is 7.50. The zero-order chi connectivity index (χ0) is 15.1. The summed E-state index contributed by atoms with van der Waals surface area (Å²) in [4.78, 5) is 25.2. The summed E-state index contributed by atoms with van der Waals surface area (Å²) in [6.07, 6.45) is 3.15. The second kappa shape index (κ2) is 8.02. The van der Waals surface area contributed by atoms with Crippen LogP contribution in [0.25, 0.3) is 0 Å². The van der Waals surface area contributed by atoms with Crippen LogP contribution < -0.4 is 5.32 Å². The summed E-state index contributed by atoms with van der Waals surface area (Å²) in [5.41, 5.74) is -0.556. The largest absolute Gasteiger partial charge is 0.444 e. The predicted molar refractivity (Wildman–Crippen MR) is 76.0 cm³/mol. The average molecular weight is 272 g/mol. The molecule has 0 saturated carbocycles. The van der Waals surface area contributed by atoms with Crippen LogP contribution in [0.5, 0.6) is 0 Å². The number of unbranched alkanes of at least 4 members (excludes halogenated alkanes) is 2. The number of rotatable bonds is 6. The number of nitrogens with zero attached hydrogens (tertiary/aromatic N) is 1. The molecule has 0 unspecified atom stereocenters. The Hall–Kier alpha value is -1.26. The first kappa shape index (κ1) is 17.7. The standard InChI is InChI=1S/C14H28N2O3/c1-7-8-9-10-11(12(17)16(5)6)15-13(18)19-14(2,3)4/h11H,7-10H2,1-6H3,(H,15,18)/t11-/m0/s1. The van der Waals surface area contributed by atoms with Crippen molar-refractivity contribution in [3.05, 3.63) is 0 Å². The van der Waals surface area contributed by atoms with Gasteiger partial charge in [0.15, 0.2) is 0 Å². The van der Waals surface area contributed by atoms with Gasteiger partial charge in [0, 0.05) is 14.1 Å². The second-order valence-corrected chi connectivity index (χ2v) is 5.93. The Kier molecular flexibility index (Phi) is 7.49. The molecule has 1 N–H and O–H groups in total. The van der Waals surface area contributed by atoms with Crippen molar-refractivity contribution in [2.24, 2.45) is 0 Å². The fraction of sp³-hybridized carbons (Fsp3) is 0.857. The first-order valence-electron chi connectivity index (χ1n) is 6.88. The molecule has 2 amide bonds. The highest BCUT2D eigenvalue weighted by molar-refractivity contribution is 5.85. The van der Waals surface area contributed by atoms with Gasteiger partial charge in [0.25, 0.3) is 0 Å². The summed E-state index contributed by atoms with van der Waals surface area (Å²) >= 11 is 0. The van der Waals surface area contributed by atoms with Gasteiger partial charge >= 0.3 is 6.09 Å². The van der Waals surface area contributed by atoms with E-state index in [1.54, 1.807) is 34.9 Å². The lowest BCUT2D eigenvalue weighted by Gasteiger charge is -2.24. The maximum atomic E-state index is 12.0. The number of hydrogen-bond donors (Lipinski definition) is 1. The number of carbonyl (C=O) groups is 2. The van der Waals surface area contributed by atoms with Crippen LogP contribution in [0, 0.1) is 0 Å². The van der Waals surface area contributed by atoms with Crippen molar-refractivity contribution in [1.82, 2.24) is 10.2 Å². The Bertz CT molecular complexity index is 296. The number of hydrogen-bond acceptors (Lipinski definition) is 3. The van der Waals surface area contributed by atoms with Crippen molar-refractivity contribution in [2.75, 3.05) is 14.1 Å². The van der Waals surface area contributed by atoms with Crippen LogP contribution in [0.1, 0.15) is 53.4 Å². The number of amides is 2. The average Bonchev–Trinajstić information content (AvgIpc) is 2.24. The molecule has 0 aromatic carbocycles. The van der Waals surface area contributed by atoms with Crippen LogP contribution >= 0.6 is 0 Å². The summed E-state index contributed by atoms with van der Waals surface area (Å²) in [6, 6.07) is -0.503. The van der Waals surface area contributed by atoms with Crippen LogP contribution in [0.15, 0.2) is 0 Å². The highest BCUT2D eigenvalue weighted by Crippen LogP contribution is 2.09. The first-order valence-corrected chi connectivity index (χ1v) is 6.88. The van der Waals surface area contributed by atoms with Gasteiger partial charge in [-0.25, -0.2) is 4.79 Å². The lowest BCUT2D eigenvalue weighted by molar-refractivity contribution is -0.131. The maximum Gasteiger partial charge on any atom is 0.408 e. The van der Waals surface area contributed by atoms with Crippen molar-refractivity contribution in [1.29, 1.82) is 0 Å². The molecule has 0 radical (unpaired) electrons. The Morgan fingerprint density at radius 1 is 1.21 bits per heavy atom. The fourth-order valence-electron chi connectivity index (χ4n) is 1.62. The van der Waals surface area contributed by atoms with Crippen molar-refractivity contribution in [3.8, 4) is 0 Å². The van der Waals surface area contributed by atoms with E-state index in [1.807, 2.05) is 0 Å². The molecule has 0 aromatic rings. The zero-order valence-corrected chi connectivity index (χ0v) is 13.1. The third-order valence-electron chi connectivity index (χ3n) is 2.53. The summed E-state index contributed by atoms with van der Waals surface area (Å²) < 4.78 is 5.18. The minimum atomic E-state index is -0.556. The molecule has 0 rings (SSSR count). The highest BCUT2D eigenvalue weighted by atomic mass is 16.6. The van der Waals surface area contributed by atoms with Crippen LogP contribution in [-0.4, -0.2) is 42.6 Å². The molecule has 0 saturated heterocycles. The topological polar surface area (TPSA) is 58.6 Å². The molecule has 5 nitrogen and oxygen atoms in total. The van der Waals surface area contributed by atoms with Crippen molar-refractivity contribution in [2.45, 2.75) is 65.0 Å². The van der Waals surface area contributed by atoms with Crippen LogP contribution in [0.4, 0.5) is 4.79 Å². The Morgan fingerprint density at radius 3 is 2.21 bits per heavy atom. The summed E-state index contributed by atoms with van der Waals surface area (Å²) in [5, 5.41) is 2.66. The minimum absolute atomic E-state index is 0.0954. The van der Waals surface area contributed by atoms with E-state index in [0.29, 0.717) is 6.42 Å². The van der Waals surface area contributed by atoms with E-state index in [1.165, 1.54) is 4.90 Å².